The minimum absolute atomic E-state index is 0.0859. The van der Waals surface area contributed by atoms with E-state index in [4.69, 9.17) is 4.74 Å². The van der Waals surface area contributed by atoms with Crippen molar-refractivity contribution >= 4 is 18.5 Å². The molecule has 0 saturated carbocycles. The Bertz CT molecular complexity index is 245. The van der Waals surface area contributed by atoms with Crippen molar-refractivity contribution in [2.75, 3.05) is 13.1 Å². The fourth-order valence-electron chi connectivity index (χ4n) is 2.21. The minimum atomic E-state index is -0.278. The first kappa shape index (κ1) is 12.8. The summed E-state index contributed by atoms with van der Waals surface area (Å²) in [7, 11) is 0. The molecule has 0 bridgehead atoms. The van der Waals surface area contributed by atoms with Crippen molar-refractivity contribution in [1.29, 1.82) is 0 Å². The van der Waals surface area contributed by atoms with Crippen LogP contribution in [-0.2, 0) is 9.53 Å². The molecule has 0 aromatic heterocycles. The van der Waals surface area contributed by atoms with Gasteiger partial charge in [-0.05, 0) is 34.6 Å². The van der Waals surface area contributed by atoms with E-state index in [2.05, 4.69) is 12.6 Å². The van der Waals surface area contributed by atoms with E-state index < -0.39 is 0 Å². The van der Waals surface area contributed by atoms with Crippen LogP contribution in [-0.4, -0.2) is 40.3 Å². The third kappa shape index (κ3) is 3.38. The van der Waals surface area contributed by atoms with Crippen molar-refractivity contribution in [3.63, 3.8) is 0 Å². The molecule has 1 unspecified atom stereocenters. The number of carbonyl (C=O) groups excluding carboxylic acids is 1. The fraction of sp³-hybridized carbons (Fsp3) is 0.909. The van der Waals surface area contributed by atoms with Crippen LogP contribution in [0.25, 0.3) is 0 Å². The molecule has 1 heterocycles. The van der Waals surface area contributed by atoms with Crippen LogP contribution >= 0.6 is 12.6 Å². The molecule has 4 heteroatoms. The molecule has 0 aromatic rings. The predicted molar refractivity (Wildman–Crippen MR) is 64.3 cm³/mol. The molecule has 1 atom stereocenters. The minimum Gasteiger partial charge on any atom is -0.366 e. The van der Waals surface area contributed by atoms with Crippen LogP contribution in [0.4, 0.5) is 0 Å². The van der Waals surface area contributed by atoms with Gasteiger partial charge in [0.15, 0.2) is 0 Å². The molecule has 1 rings (SSSR count). The monoisotopic (exact) mass is 231 g/mol. The van der Waals surface area contributed by atoms with Crippen molar-refractivity contribution in [3.05, 3.63) is 0 Å². The molecule has 3 nitrogen and oxygen atoms in total. The number of hydrogen-bond donors (Lipinski definition) is 1. The van der Waals surface area contributed by atoms with Gasteiger partial charge in [0.2, 0.25) is 5.91 Å². The number of rotatable bonds is 1. The summed E-state index contributed by atoms with van der Waals surface area (Å²) in [6.45, 7) is 11.1. The van der Waals surface area contributed by atoms with Gasteiger partial charge >= 0.3 is 0 Å². The maximum atomic E-state index is 11.9. The summed E-state index contributed by atoms with van der Waals surface area (Å²) >= 11 is 4.18. The van der Waals surface area contributed by atoms with Gasteiger partial charge in [-0.1, -0.05) is 0 Å². The highest BCUT2D eigenvalue weighted by Crippen LogP contribution is 2.28. The van der Waals surface area contributed by atoms with Crippen LogP contribution in [0.2, 0.25) is 0 Å². The number of ether oxygens (including phenoxy) is 1. The number of nitrogens with zero attached hydrogens (tertiary/aromatic N) is 1. The Balaban J connectivity index is 2.80. The van der Waals surface area contributed by atoms with E-state index in [-0.39, 0.29) is 22.4 Å². The second-order valence-electron chi connectivity index (χ2n) is 5.49. The Morgan fingerprint density at radius 1 is 1.27 bits per heavy atom. The molecule has 1 saturated heterocycles. The van der Waals surface area contributed by atoms with Crippen LogP contribution in [0, 0.1) is 0 Å². The molecule has 1 aliphatic rings. The molecule has 0 aliphatic carbocycles. The zero-order valence-corrected chi connectivity index (χ0v) is 11.1. The highest BCUT2D eigenvalue weighted by molar-refractivity contribution is 7.81. The Kier molecular flexibility index (Phi) is 3.41. The standard InChI is InChI=1S/C11H21NO2S/c1-8(15)9(13)12-6-10(2,3)14-11(4,5)7-12/h8,15H,6-7H2,1-5H3. The normalized spacial score (nSPS) is 26.1. The molecular weight excluding hydrogens is 210 g/mol. The molecule has 0 N–H and O–H groups in total. The lowest BCUT2D eigenvalue weighted by Crippen LogP contribution is -2.59. The average Bonchev–Trinajstić information content (AvgIpc) is 1.96. The van der Waals surface area contributed by atoms with Gasteiger partial charge in [0.05, 0.1) is 16.5 Å². The largest absolute Gasteiger partial charge is 0.366 e. The smallest absolute Gasteiger partial charge is 0.235 e. The first-order valence-electron chi connectivity index (χ1n) is 5.30. The SMILES string of the molecule is CC(S)C(=O)N1CC(C)(C)OC(C)(C)C1. The van der Waals surface area contributed by atoms with Crippen LogP contribution in [0.3, 0.4) is 0 Å². The Morgan fingerprint density at radius 3 is 2.00 bits per heavy atom. The first-order chi connectivity index (χ1) is 6.63. The molecule has 15 heavy (non-hydrogen) atoms. The second kappa shape index (κ2) is 3.98. The Morgan fingerprint density at radius 2 is 1.67 bits per heavy atom. The van der Waals surface area contributed by atoms with Crippen molar-refractivity contribution in [2.24, 2.45) is 0 Å². The molecule has 0 radical (unpaired) electrons. The average molecular weight is 231 g/mol. The fourth-order valence-corrected chi connectivity index (χ4v) is 2.37. The third-order valence-corrected chi connectivity index (χ3v) is 2.59. The molecule has 1 amide bonds. The zero-order valence-electron chi connectivity index (χ0n) is 10.2. The van der Waals surface area contributed by atoms with E-state index in [0.717, 1.165) is 0 Å². The van der Waals surface area contributed by atoms with Crippen molar-refractivity contribution in [3.8, 4) is 0 Å². The molecule has 0 spiro atoms. The van der Waals surface area contributed by atoms with Crippen LogP contribution in [0.15, 0.2) is 0 Å². The van der Waals surface area contributed by atoms with Crippen molar-refractivity contribution < 1.29 is 9.53 Å². The summed E-state index contributed by atoms with van der Waals surface area (Å²) in [5, 5.41) is -0.241. The molecule has 0 aromatic carbocycles. The van der Waals surface area contributed by atoms with Gasteiger partial charge in [0.25, 0.3) is 0 Å². The Labute approximate surface area is 97.6 Å². The highest BCUT2D eigenvalue weighted by Gasteiger charge is 2.40. The van der Waals surface area contributed by atoms with Gasteiger partial charge in [0.1, 0.15) is 0 Å². The first-order valence-corrected chi connectivity index (χ1v) is 5.82. The lowest BCUT2D eigenvalue weighted by molar-refractivity contribution is -0.187. The van der Waals surface area contributed by atoms with Gasteiger partial charge in [-0.2, -0.15) is 12.6 Å². The van der Waals surface area contributed by atoms with Gasteiger partial charge < -0.3 is 9.64 Å². The number of thiol groups is 1. The van der Waals surface area contributed by atoms with Crippen molar-refractivity contribution in [2.45, 2.75) is 51.1 Å². The summed E-state index contributed by atoms with van der Waals surface area (Å²) in [6, 6.07) is 0. The second-order valence-corrected chi connectivity index (χ2v) is 6.27. The van der Waals surface area contributed by atoms with E-state index in [1.165, 1.54) is 0 Å². The van der Waals surface area contributed by atoms with Crippen molar-refractivity contribution in [1.82, 2.24) is 4.90 Å². The van der Waals surface area contributed by atoms with Crippen LogP contribution in [0.5, 0.6) is 0 Å². The van der Waals surface area contributed by atoms with E-state index in [0.29, 0.717) is 13.1 Å². The topological polar surface area (TPSA) is 29.5 Å². The highest BCUT2D eigenvalue weighted by atomic mass is 32.1. The third-order valence-electron chi connectivity index (χ3n) is 2.36. The van der Waals surface area contributed by atoms with E-state index >= 15 is 0 Å². The van der Waals surface area contributed by atoms with Gasteiger partial charge in [-0.15, -0.1) is 0 Å². The maximum absolute atomic E-state index is 11.9. The molecule has 88 valence electrons. The lowest BCUT2D eigenvalue weighted by Gasteiger charge is -2.47. The number of morpholine rings is 1. The molecule has 1 fully saturated rings. The van der Waals surface area contributed by atoms with Gasteiger partial charge in [-0.3, -0.25) is 4.79 Å². The van der Waals surface area contributed by atoms with E-state index in [1.807, 2.05) is 32.6 Å². The van der Waals surface area contributed by atoms with E-state index in [9.17, 15) is 4.79 Å². The number of amides is 1. The van der Waals surface area contributed by atoms with Crippen LogP contribution < -0.4 is 0 Å². The number of carbonyl (C=O) groups is 1. The number of hydrogen-bond acceptors (Lipinski definition) is 3. The van der Waals surface area contributed by atoms with Gasteiger partial charge in [-0.25, -0.2) is 0 Å². The van der Waals surface area contributed by atoms with Crippen LogP contribution in [0.1, 0.15) is 34.6 Å². The summed E-state index contributed by atoms with van der Waals surface area (Å²) in [5.41, 5.74) is -0.555. The summed E-state index contributed by atoms with van der Waals surface area (Å²) < 4.78 is 5.90. The summed E-state index contributed by atoms with van der Waals surface area (Å²) in [4.78, 5) is 13.7. The van der Waals surface area contributed by atoms with Gasteiger partial charge in [0, 0.05) is 13.1 Å². The Hall–Kier alpha value is -0.220. The summed E-state index contributed by atoms with van der Waals surface area (Å²) in [5.74, 6) is 0.0859. The molecule has 1 aliphatic heterocycles. The zero-order chi connectivity index (χ0) is 11.9. The maximum Gasteiger partial charge on any atom is 0.235 e. The summed E-state index contributed by atoms with van der Waals surface area (Å²) in [6.07, 6.45) is 0. The lowest BCUT2D eigenvalue weighted by atomic mass is 9.98. The molecular formula is C11H21NO2S. The predicted octanol–water partition coefficient (Wildman–Crippen LogP) is 1.72. The van der Waals surface area contributed by atoms with E-state index in [1.54, 1.807) is 6.92 Å². The quantitative estimate of drug-likeness (QED) is 0.696.